The number of piperidine rings is 1. The summed E-state index contributed by atoms with van der Waals surface area (Å²) >= 11 is 0. The van der Waals surface area contributed by atoms with Crippen LogP contribution in [-0.4, -0.2) is 38.7 Å². The van der Waals surface area contributed by atoms with Crippen LogP contribution in [0.1, 0.15) is 41.5 Å². The molecule has 0 aliphatic carbocycles. The Morgan fingerprint density at radius 1 is 1.39 bits per heavy atom. The third-order valence-electron chi connectivity index (χ3n) is 4.58. The normalized spacial score (nSPS) is 18.2. The van der Waals surface area contributed by atoms with Crippen molar-refractivity contribution < 1.29 is 4.79 Å². The molecule has 0 N–H and O–H groups in total. The lowest BCUT2D eigenvalue weighted by atomic mass is 9.94. The van der Waals surface area contributed by atoms with Gasteiger partial charge in [-0.1, -0.05) is 17.7 Å². The highest BCUT2D eigenvalue weighted by Gasteiger charge is 2.25. The van der Waals surface area contributed by atoms with Gasteiger partial charge < -0.3 is 9.47 Å². The Hall–Kier alpha value is -2.17. The number of hydrogen-bond donors (Lipinski definition) is 0. The molecule has 1 aromatic heterocycles. The van der Waals surface area contributed by atoms with Gasteiger partial charge in [0.15, 0.2) is 0 Å². The molecule has 5 nitrogen and oxygen atoms in total. The highest BCUT2D eigenvalue weighted by molar-refractivity contribution is 5.94. The molecule has 0 spiro atoms. The average molecular weight is 312 g/mol. The van der Waals surface area contributed by atoms with E-state index in [9.17, 15) is 4.79 Å². The molecule has 1 aromatic carbocycles. The van der Waals surface area contributed by atoms with Crippen LogP contribution in [0, 0.1) is 12.8 Å². The van der Waals surface area contributed by atoms with Crippen LogP contribution in [0.2, 0.25) is 0 Å². The maximum atomic E-state index is 12.7. The molecular weight excluding hydrogens is 288 g/mol. The number of nitrogens with zero attached hydrogens (tertiary/aromatic N) is 4. The minimum Gasteiger partial charge on any atom is -0.338 e. The van der Waals surface area contributed by atoms with Crippen molar-refractivity contribution in [1.29, 1.82) is 0 Å². The molecule has 1 unspecified atom stereocenters. The van der Waals surface area contributed by atoms with Crippen molar-refractivity contribution in [3.8, 4) is 0 Å². The van der Waals surface area contributed by atoms with E-state index in [1.54, 1.807) is 6.33 Å². The van der Waals surface area contributed by atoms with E-state index in [1.165, 1.54) is 0 Å². The maximum absolute atomic E-state index is 12.7. The van der Waals surface area contributed by atoms with Gasteiger partial charge in [0.05, 0.1) is 0 Å². The first kappa shape index (κ1) is 15.7. The molecule has 0 bridgehead atoms. The molecule has 5 heteroatoms. The first-order valence-corrected chi connectivity index (χ1v) is 8.40. The van der Waals surface area contributed by atoms with E-state index in [0.29, 0.717) is 5.92 Å². The zero-order valence-corrected chi connectivity index (χ0v) is 13.9. The minimum atomic E-state index is 0.148. The summed E-state index contributed by atoms with van der Waals surface area (Å²) in [6.07, 6.45) is 4.88. The lowest BCUT2D eigenvalue weighted by Crippen LogP contribution is -2.40. The number of carbonyl (C=O) groups is 1. The summed E-state index contributed by atoms with van der Waals surface area (Å²) < 4.78 is 2.08. The van der Waals surface area contributed by atoms with E-state index in [0.717, 1.165) is 55.8 Å². The molecule has 1 aliphatic heterocycles. The average Bonchev–Trinajstić information content (AvgIpc) is 3.01. The summed E-state index contributed by atoms with van der Waals surface area (Å²) in [7, 11) is 0. The fraction of sp³-hybridized carbons (Fsp3) is 0.500. The van der Waals surface area contributed by atoms with Crippen LogP contribution in [0.5, 0.6) is 0 Å². The third-order valence-corrected chi connectivity index (χ3v) is 4.58. The predicted octanol–water partition coefficient (Wildman–Crippen LogP) is 2.70. The molecule has 2 heterocycles. The predicted molar refractivity (Wildman–Crippen MR) is 89.2 cm³/mol. The molecule has 1 atom stereocenters. The molecule has 1 saturated heterocycles. The first-order chi connectivity index (χ1) is 11.2. The summed E-state index contributed by atoms with van der Waals surface area (Å²) in [6, 6.07) is 7.85. The van der Waals surface area contributed by atoms with E-state index >= 15 is 0 Å². The Labute approximate surface area is 137 Å². The standard InChI is InChI=1S/C18H24N4O/c1-3-21-13-19-20-17(21)11-15-7-5-9-22(12-15)18(23)16-8-4-6-14(2)10-16/h4,6,8,10,13,15H,3,5,7,9,11-12H2,1-2H3. The van der Waals surface area contributed by atoms with Crippen molar-refractivity contribution in [2.24, 2.45) is 5.92 Å². The molecule has 3 rings (SSSR count). The van der Waals surface area contributed by atoms with Gasteiger partial charge in [-0.3, -0.25) is 4.79 Å². The van der Waals surface area contributed by atoms with Crippen molar-refractivity contribution in [3.63, 3.8) is 0 Å². The van der Waals surface area contributed by atoms with Gasteiger partial charge in [0.1, 0.15) is 12.2 Å². The van der Waals surface area contributed by atoms with Crippen molar-refractivity contribution in [2.75, 3.05) is 13.1 Å². The molecular formula is C18H24N4O. The van der Waals surface area contributed by atoms with Crippen molar-refractivity contribution in [1.82, 2.24) is 19.7 Å². The van der Waals surface area contributed by atoms with Gasteiger partial charge in [0.2, 0.25) is 0 Å². The van der Waals surface area contributed by atoms with Crippen LogP contribution in [-0.2, 0) is 13.0 Å². The Kier molecular flexibility index (Phi) is 4.74. The lowest BCUT2D eigenvalue weighted by molar-refractivity contribution is 0.0671. The zero-order valence-electron chi connectivity index (χ0n) is 13.9. The summed E-state index contributed by atoms with van der Waals surface area (Å²) in [6.45, 7) is 6.67. The lowest BCUT2D eigenvalue weighted by Gasteiger charge is -2.32. The highest BCUT2D eigenvalue weighted by atomic mass is 16.2. The topological polar surface area (TPSA) is 51.0 Å². The molecule has 1 aliphatic rings. The van der Waals surface area contributed by atoms with Crippen LogP contribution < -0.4 is 0 Å². The summed E-state index contributed by atoms with van der Waals surface area (Å²) in [5.41, 5.74) is 1.92. The molecule has 1 fully saturated rings. The van der Waals surface area contributed by atoms with Gasteiger partial charge in [0.25, 0.3) is 5.91 Å². The van der Waals surface area contributed by atoms with Crippen LogP contribution in [0.25, 0.3) is 0 Å². The smallest absolute Gasteiger partial charge is 0.253 e. The number of benzene rings is 1. The minimum absolute atomic E-state index is 0.148. The summed E-state index contributed by atoms with van der Waals surface area (Å²) in [4.78, 5) is 14.7. The van der Waals surface area contributed by atoms with E-state index in [4.69, 9.17) is 0 Å². The summed E-state index contributed by atoms with van der Waals surface area (Å²) in [5, 5.41) is 8.23. The molecule has 0 radical (unpaired) electrons. The molecule has 2 aromatic rings. The van der Waals surface area contributed by atoms with Crippen molar-refractivity contribution >= 4 is 5.91 Å². The fourth-order valence-electron chi connectivity index (χ4n) is 3.34. The van der Waals surface area contributed by atoms with Crippen LogP contribution in [0.4, 0.5) is 0 Å². The second-order valence-electron chi connectivity index (χ2n) is 6.37. The number of rotatable bonds is 4. The van der Waals surface area contributed by atoms with Gasteiger partial charge in [0, 0.05) is 31.6 Å². The highest BCUT2D eigenvalue weighted by Crippen LogP contribution is 2.22. The Morgan fingerprint density at radius 2 is 2.26 bits per heavy atom. The third kappa shape index (κ3) is 3.60. The van der Waals surface area contributed by atoms with Crippen LogP contribution in [0.3, 0.4) is 0 Å². The van der Waals surface area contributed by atoms with Gasteiger partial charge in [-0.05, 0) is 44.7 Å². The largest absolute Gasteiger partial charge is 0.338 e. The van der Waals surface area contributed by atoms with E-state index in [1.807, 2.05) is 36.1 Å². The Morgan fingerprint density at radius 3 is 3.04 bits per heavy atom. The van der Waals surface area contributed by atoms with Gasteiger partial charge in [-0.15, -0.1) is 10.2 Å². The van der Waals surface area contributed by atoms with Crippen molar-refractivity contribution in [2.45, 2.75) is 39.7 Å². The molecule has 122 valence electrons. The number of aromatic nitrogens is 3. The number of amides is 1. The van der Waals surface area contributed by atoms with Crippen LogP contribution >= 0.6 is 0 Å². The second-order valence-corrected chi connectivity index (χ2v) is 6.37. The number of aryl methyl sites for hydroxylation is 2. The zero-order chi connectivity index (χ0) is 16.2. The van der Waals surface area contributed by atoms with Gasteiger partial charge >= 0.3 is 0 Å². The van der Waals surface area contributed by atoms with E-state index in [-0.39, 0.29) is 5.91 Å². The van der Waals surface area contributed by atoms with Crippen LogP contribution in [0.15, 0.2) is 30.6 Å². The fourth-order valence-corrected chi connectivity index (χ4v) is 3.34. The Bertz CT molecular complexity index is 679. The number of hydrogen-bond acceptors (Lipinski definition) is 3. The molecule has 1 amide bonds. The first-order valence-electron chi connectivity index (χ1n) is 8.40. The second kappa shape index (κ2) is 6.94. The van der Waals surface area contributed by atoms with Gasteiger partial charge in [-0.2, -0.15) is 0 Å². The number of carbonyl (C=O) groups excluding carboxylic acids is 1. The number of likely N-dealkylation sites (tertiary alicyclic amines) is 1. The summed E-state index contributed by atoms with van der Waals surface area (Å²) in [5.74, 6) is 1.64. The molecule has 0 saturated carbocycles. The van der Waals surface area contributed by atoms with E-state index < -0.39 is 0 Å². The van der Waals surface area contributed by atoms with Crippen molar-refractivity contribution in [3.05, 3.63) is 47.5 Å². The SMILES string of the molecule is CCn1cnnc1CC1CCCN(C(=O)c2cccc(C)c2)C1. The van der Waals surface area contributed by atoms with E-state index in [2.05, 4.69) is 21.7 Å². The maximum Gasteiger partial charge on any atom is 0.253 e. The Balaban J connectivity index is 1.67. The molecule has 23 heavy (non-hydrogen) atoms. The van der Waals surface area contributed by atoms with Gasteiger partial charge in [-0.25, -0.2) is 0 Å². The quantitative estimate of drug-likeness (QED) is 0.872. The monoisotopic (exact) mass is 312 g/mol.